The summed E-state index contributed by atoms with van der Waals surface area (Å²) < 4.78 is 15.5. The van der Waals surface area contributed by atoms with Crippen molar-refractivity contribution in [2.75, 3.05) is 44.9 Å². The standard InChI is InChI=1S/C23H37FN6O3S/c1-28(2)18-9-6-10-29(14-18)21-20(24)19(26-23(27-21)34-3)12-25-22(32)17(13-30(33)15-31)11-16-7-4-5-8-16/h15-18,33H,4-14H2,1-3H3,(H,25,32)/t17-,18-/m1/s1. The predicted octanol–water partition coefficient (Wildman–Crippen LogP) is 2.53. The van der Waals surface area contributed by atoms with Crippen molar-refractivity contribution in [1.29, 1.82) is 0 Å². The number of anilines is 1. The Bertz CT molecular complexity index is 839. The van der Waals surface area contributed by atoms with Crippen LogP contribution in [0.1, 0.15) is 50.6 Å². The zero-order chi connectivity index (χ0) is 24.7. The van der Waals surface area contributed by atoms with Gasteiger partial charge in [0, 0.05) is 19.1 Å². The van der Waals surface area contributed by atoms with Gasteiger partial charge in [-0.25, -0.2) is 19.4 Å². The van der Waals surface area contributed by atoms with E-state index in [4.69, 9.17) is 0 Å². The Labute approximate surface area is 205 Å². The lowest BCUT2D eigenvalue weighted by molar-refractivity contribution is -0.155. The van der Waals surface area contributed by atoms with Gasteiger partial charge in [0.05, 0.1) is 19.0 Å². The van der Waals surface area contributed by atoms with Crippen molar-refractivity contribution >= 4 is 29.9 Å². The van der Waals surface area contributed by atoms with Crippen LogP contribution in [-0.4, -0.2) is 83.5 Å². The van der Waals surface area contributed by atoms with Gasteiger partial charge in [-0.15, -0.1) is 0 Å². The van der Waals surface area contributed by atoms with E-state index in [1.54, 1.807) is 0 Å². The van der Waals surface area contributed by atoms with Crippen molar-refractivity contribution in [3.8, 4) is 0 Å². The van der Waals surface area contributed by atoms with Crippen LogP contribution >= 0.6 is 11.8 Å². The summed E-state index contributed by atoms with van der Waals surface area (Å²) in [4.78, 5) is 36.8. The minimum Gasteiger partial charge on any atom is -0.352 e. The Morgan fingerprint density at radius 2 is 2.03 bits per heavy atom. The maximum atomic E-state index is 15.5. The van der Waals surface area contributed by atoms with Crippen molar-refractivity contribution in [1.82, 2.24) is 25.2 Å². The molecule has 1 aliphatic carbocycles. The third kappa shape index (κ3) is 7.02. The highest BCUT2D eigenvalue weighted by molar-refractivity contribution is 7.98. The lowest BCUT2D eigenvalue weighted by atomic mass is 9.92. The number of hydroxylamine groups is 2. The van der Waals surface area contributed by atoms with Crippen LogP contribution in [0.2, 0.25) is 0 Å². The monoisotopic (exact) mass is 496 g/mol. The van der Waals surface area contributed by atoms with E-state index in [-0.39, 0.29) is 30.5 Å². The topological polar surface area (TPSA) is 102 Å². The Hall–Kier alpha value is -1.98. The minimum absolute atomic E-state index is 0.0770. The highest BCUT2D eigenvalue weighted by Gasteiger charge is 2.29. The Kier molecular flexibility index (Phi) is 9.90. The molecule has 0 radical (unpaired) electrons. The number of aromatic nitrogens is 2. The van der Waals surface area contributed by atoms with Crippen LogP contribution in [0.15, 0.2) is 5.16 Å². The van der Waals surface area contributed by atoms with Crippen molar-refractivity contribution in [3.63, 3.8) is 0 Å². The molecule has 9 nitrogen and oxygen atoms in total. The number of carbonyl (C=O) groups is 2. The van der Waals surface area contributed by atoms with Crippen LogP contribution in [-0.2, 0) is 16.1 Å². The van der Waals surface area contributed by atoms with Crippen molar-refractivity contribution in [2.24, 2.45) is 11.8 Å². The maximum Gasteiger partial charge on any atom is 0.233 e. The SMILES string of the molecule is CSc1nc(CNC(=O)[C@H](CC2CCCC2)CN(O)C=O)c(F)c(N2CCC[C@@H](N(C)C)C2)n1. The Morgan fingerprint density at radius 1 is 1.29 bits per heavy atom. The summed E-state index contributed by atoms with van der Waals surface area (Å²) in [5.41, 5.74) is 0.144. The molecular formula is C23H37FN6O3S. The summed E-state index contributed by atoms with van der Waals surface area (Å²) in [6.45, 7) is 1.24. The quantitative estimate of drug-likeness (QED) is 0.158. The Balaban J connectivity index is 1.73. The molecule has 2 amide bonds. The third-order valence-electron chi connectivity index (χ3n) is 6.91. The van der Waals surface area contributed by atoms with Gasteiger partial charge in [-0.1, -0.05) is 37.4 Å². The van der Waals surface area contributed by atoms with E-state index in [0.29, 0.717) is 41.6 Å². The molecule has 1 aliphatic heterocycles. The number of thioether (sulfide) groups is 1. The molecule has 2 N–H and O–H groups in total. The average molecular weight is 497 g/mol. The first-order valence-electron chi connectivity index (χ1n) is 12.0. The number of rotatable bonds is 11. The van der Waals surface area contributed by atoms with Gasteiger partial charge in [-0.2, -0.15) is 0 Å². The highest BCUT2D eigenvalue weighted by atomic mass is 32.2. The van der Waals surface area contributed by atoms with Gasteiger partial charge in [0.1, 0.15) is 5.69 Å². The van der Waals surface area contributed by atoms with E-state index in [0.717, 1.165) is 45.1 Å². The largest absolute Gasteiger partial charge is 0.352 e. The lowest BCUT2D eigenvalue weighted by Gasteiger charge is -2.37. The number of nitrogens with zero attached hydrogens (tertiary/aromatic N) is 5. The molecule has 1 aromatic heterocycles. The van der Waals surface area contributed by atoms with Gasteiger partial charge in [0.25, 0.3) is 0 Å². The number of amides is 2. The van der Waals surface area contributed by atoms with E-state index in [2.05, 4.69) is 20.2 Å². The molecule has 2 aliphatic rings. The smallest absolute Gasteiger partial charge is 0.233 e. The molecule has 1 saturated carbocycles. The second kappa shape index (κ2) is 12.6. The molecule has 11 heteroatoms. The Morgan fingerprint density at radius 3 is 2.68 bits per heavy atom. The summed E-state index contributed by atoms with van der Waals surface area (Å²) in [5.74, 6) is -0.721. The van der Waals surface area contributed by atoms with E-state index in [1.165, 1.54) is 11.8 Å². The van der Waals surface area contributed by atoms with Crippen molar-refractivity contribution in [2.45, 2.75) is 62.7 Å². The highest BCUT2D eigenvalue weighted by Crippen LogP contribution is 2.31. The fourth-order valence-electron chi connectivity index (χ4n) is 4.94. The number of likely N-dealkylation sites (N-methyl/N-ethyl adjacent to an activating group) is 1. The van der Waals surface area contributed by atoms with E-state index in [1.807, 2.05) is 25.3 Å². The number of piperidine rings is 1. The molecule has 2 heterocycles. The van der Waals surface area contributed by atoms with Gasteiger partial charge in [0.15, 0.2) is 16.8 Å². The lowest BCUT2D eigenvalue weighted by Crippen LogP contribution is -2.46. The normalized spacial score (nSPS) is 19.9. The van der Waals surface area contributed by atoms with Crippen molar-refractivity contribution in [3.05, 3.63) is 11.5 Å². The molecule has 0 spiro atoms. The number of nitrogens with one attached hydrogen (secondary N) is 1. The molecule has 3 rings (SSSR count). The summed E-state index contributed by atoms with van der Waals surface area (Å²) in [7, 11) is 4.05. The zero-order valence-electron chi connectivity index (χ0n) is 20.4. The summed E-state index contributed by atoms with van der Waals surface area (Å²) >= 11 is 1.33. The molecule has 2 atom stereocenters. The minimum atomic E-state index is -0.564. The molecule has 1 saturated heterocycles. The number of carbonyl (C=O) groups excluding carboxylic acids is 2. The van der Waals surface area contributed by atoms with Gasteiger partial charge in [-0.3, -0.25) is 14.8 Å². The third-order valence-corrected chi connectivity index (χ3v) is 7.46. The summed E-state index contributed by atoms with van der Waals surface area (Å²) in [6, 6.07) is 0.319. The predicted molar refractivity (Wildman–Crippen MR) is 129 cm³/mol. The molecule has 0 aromatic carbocycles. The van der Waals surface area contributed by atoms with E-state index in [9.17, 15) is 14.8 Å². The molecule has 1 aromatic rings. The second-order valence-corrected chi connectivity index (χ2v) is 10.3. The fraction of sp³-hybridized carbons (Fsp3) is 0.739. The molecule has 2 fully saturated rings. The first-order chi connectivity index (χ1) is 16.3. The van der Waals surface area contributed by atoms with Gasteiger partial charge >= 0.3 is 0 Å². The van der Waals surface area contributed by atoms with Crippen LogP contribution in [0, 0.1) is 17.7 Å². The summed E-state index contributed by atoms with van der Waals surface area (Å²) in [6.07, 6.45) is 9.08. The number of halogens is 1. The second-order valence-electron chi connectivity index (χ2n) is 9.53. The van der Waals surface area contributed by atoms with E-state index >= 15 is 4.39 Å². The van der Waals surface area contributed by atoms with Gasteiger partial charge in [0.2, 0.25) is 12.3 Å². The zero-order valence-corrected chi connectivity index (χ0v) is 21.2. The molecule has 0 bridgehead atoms. The van der Waals surface area contributed by atoms with Crippen molar-refractivity contribution < 1.29 is 19.2 Å². The van der Waals surface area contributed by atoms with Gasteiger partial charge in [-0.05, 0) is 45.5 Å². The molecule has 34 heavy (non-hydrogen) atoms. The number of hydrogen-bond acceptors (Lipinski definition) is 8. The van der Waals surface area contributed by atoms with Crippen LogP contribution in [0.4, 0.5) is 10.2 Å². The first kappa shape index (κ1) is 26.6. The van der Waals surface area contributed by atoms with Crippen LogP contribution < -0.4 is 10.2 Å². The first-order valence-corrected chi connectivity index (χ1v) is 13.2. The molecule has 0 unspecified atom stereocenters. The van der Waals surface area contributed by atoms with E-state index < -0.39 is 11.7 Å². The summed E-state index contributed by atoms with van der Waals surface area (Å²) in [5, 5.41) is 13.4. The fourth-order valence-corrected chi connectivity index (χ4v) is 5.32. The maximum absolute atomic E-state index is 15.5. The number of hydrogen-bond donors (Lipinski definition) is 2. The average Bonchev–Trinajstić information content (AvgIpc) is 3.35. The van der Waals surface area contributed by atoms with Crippen LogP contribution in [0.3, 0.4) is 0 Å². The van der Waals surface area contributed by atoms with Gasteiger partial charge < -0.3 is 15.1 Å². The van der Waals surface area contributed by atoms with Crippen LogP contribution in [0.5, 0.6) is 0 Å². The van der Waals surface area contributed by atoms with Crippen LogP contribution in [0.25, 0.3) is 0 Å². The molecular weight excluding hydrogens is 459 g/mol. The molecule has 190 valence electrons.